The number of benzene rings is 3. The van der Waals surface area contributed by atoms with Crippen molar-refractivity contribution in [2.75, 3.05) is 5.32 Å². The molecule has 0 aliphatic heterocycles. The van der Waals surface area contributed by atoms with Crippen LogP contribution in [0.1, 0.15) is 15.9 Å². The summed E-state index contributed by atoms with van der Waals surface area (Å²) in [4.78, 5) is 35.9. The lowest BCUT2D eigenvalue weighted by atomic mass is 10.2. The third-order valence-electron chi connectivity index (χ3n) is 3.84. The molecule has 0 atom stereocenters. The maximum atomic E-state index is 12.2. The van der Waals surface area contributed by atoms with Gasteiger partial charge in [-0.3, -0.25) is 9.59 Å². The molecule has 3 aromatic rings. The van der Waals surface area contributed by atoms with Crippen LogP contribution in [0.15, 0.2) is 82.4 Å². The highest BCUT2D eigenvalue weighted by Gasteiger charge is 2.13. The average molecular weight is 501 g/mol. The van der Waals surface area contributed by atoms with Crippen LogP contribution >= 0.6 is 27.5 Å². The van der Waals surface area contributed by atoms with Crippen molar-refractivity contribution in [3.8, 4) is 5.75 Å². The van der Waals surface area contributed by atoms with E-state index in [-0.39, 0.29) is 0 Å². The van der Waals surface area contributed by atoms with E-state index in [0.29, 0.717) is 27.6 Å². The Kier molecular flexibility index (Phi) is 7.53. The number of nitrogens with zero attached hydrogens (tertiary/aromatic N) is 1. The van der Waals surface area contributed by atoms with E-state index in [2.05, 4.69) is 31.8 Å². The Bertz CT molecular complexity index is 1130. The lowest BCUT2D eigenvalue weighted by Crippen LogP contribution is -2.32. The van der Waals surface area contributed by atoms with Crippen LogP contribution < -0.4 is 15.5 Å². The number of hydrazone groups is 1. The first-order valence-electron chi connectivity index (χ1n) is 8.88. The van der Waals surface area contributed by atoms with Crippen molar-refractivity contribution >= 4 is 57.2 Å². The van der Waals surface area contributed by atoms with Crippen molar-refractivity contribution in [2.45, 2.75) is 0 Å². The third-order valence-corrected chi connectivity index (χ3v) is 4.62. The number of ether oxygens (including phenoxy) is 1. The van der Waals surface area contributed by atoms with Crippen LogP contribution in [-0.2, 0) is 9.59 Å². The van der Waals surface area contributed by atoms with Gasteiger partial charge in [-0.15, -0.1) is 0 Å². The van der Waals surface area contributed by atoms with Crippen LogP contribution in [0.5, 0.6) is 5.75 Å². The van der Waals surface area contributed by atoms with Gasteiger partial charge < -0.3 is 10.1 Å². The summed E-state index contributed by atoms with van der Waals surface area (Å²) in [5.74, 6) is -2.03. The van der Waals surface area contributed by atoms with E-state index in [1.54, 1.807) is 72.8 Å². The van der Waals surface area contributed by atoms with Gasteiger partial charge in [-0.2, -0.15) is 5.10 Å². The molecule has 156 valence electrons. The quantitative estimate of drug-likeness (QED) is 0.178. The SMILES string of the molecule is O=C(N/N=C\c1cccc(OC(=O)c2ccc(Cl)cc2)c1)C(=O)Nc1ccc(Br)cc1. The van der Waals surface area contributed by atoms with Crippen molar-refractivity contribution in [3.05, 3.63) is 93.4 Å². The van der Waals surface area contributed by atoms with E-state index in [4.69, 9.17) is 16.3 Å². The fraction of sp³-hybridized carbons (Fsp3) is 0. The third kappa shape index (κ3) is 6.77. The summed E-state index contributed by atoms with van der Waals surface area (Å²) in [5.41, 5.74) is 3.52. The van der Waals surface area contributed by atoms with Gasteiger partial charge in [-0.05, 0) is 66.2 Å². The van der Waals surface area contributed by atoms with E-state index < -0.39 is 17.8 Å². The topological polar surface area (TPSA) is 96.9 Å². The van der Waals surface area contributed by atoms with Crippen molar-refractivity contribution in [1.82, 2.24) is 5.43 Å². The second-order valence-electron chi connectivity index (χ2n) is 6.13. The molecule has 3 rings (SSSR count). The first kappa shape index (κ1) is 22.2. The van der Waals surface area contributed by atoms with Crippen molar-refractivity contribution < 1.29 is 19.1 Å². The zero-order chi connectivity index (χ0) is 22.2. The fourth-order valence-electron chi connectivity index (χ4n) is 2.35. The van der Waals surface area contributed by atoms with E-state index >= 15 is 0 Å². The standard InChI is InChI=1S/C22H15BrClN3O4/c23-16-6-10-18(11-7-16)26-20(28)21(29)27-25-13-14-2-1-3-19(12-14)31-22(30)15-4-8-17(24)9-5-15/h1-13H,(H,26,28)(H,27,29)/b25-13-. The maximum absolute atomic E-state index is 12.2. The fourth-order valence-corrected chi connectivity index (χ4v) is 2.74. The smallest absolute Gasteiger partial charge is 0.343 e. The Morgan fingerprint density at radius 1 is 0.935 bits per heavy atom. The van der Waals surface area contributed by atoms with Gasteiger partial charge in [-0.1, -0.05) is 39.7 Å². The highest BCUT2D eigenvalue weighted by molar-refractivity contribution is 9.10. The monoisotopic (exact) mass is 499 g/mol. The second-order valence-corrected chi connectivity index (χ2v) is 7.48. The molecule has 2 N–H and O–H groups in total. The molecule has 7 nitrogen and oxygen atoms in total. The molecule has 0 aromatic heterocycles. The van der Waals surface area contributed by atoms with Gasteiger partial charge in [-0.25, -0.2) is 10.2 Å². The number of halogens is 2. The summed E-state index contributed by atoms with van der Waals surface area (Å²) in [5, 5.41) is 6.73. The Morgan fingerprint density at radius 2 is 1.65 bits per heavy atom. The van der Waals surface area contributed by atoms with Crippen molar-refractivity contribution in [2.24, 2.45) is 5.10 Å². The molecule has 0 fully saturated rings. The average Bonchev–Trinajstić information content (AvgIpc) is 2.76. The predicted molar refractivity (Wildman–Crippen MR) is 121 cm³/mol. The van der Waals surface area contributed by atoms with Crippen molar-refractivity contribution in [3.63, 3.8) is 0 Å². The second kappa shape index (κ2) is 10.5. The highest BCUT2D eigenvalue weighted by atomic mass is 79.9. The molecule has 0 heterocycles. The minimum absolute atomic E-state index is 0.295. The van der Waals surface area contributed by atoms with Crippen molar-refractivity contribution in [1.29, 1.82) is 0 Å². The molecule has 0 saturated heterocycles. The number of hydrogen-bond donors (Lipinski definition) is 2. The van der Waals surface area contributed by atoms with Gasteiger partial charge in [0.05, 0.1) is 11.8 Å². The first-order valence-corrected chi connectivity index (χ1v) is 10.1. The van der Waals surface area contributed by atoms with Crippen LogP contribution in [0.4, 0.5) is 5.69 Å². The van der Waals surface area contributed by atoms with Crippen LogP contribution in [0.2, 0.25) is 5.02 Å². The van der Waals surface area contributed by atoms with Crippen LogP contribution in [-0.4, -0.2) is 24.0 Å². The van der Waals surface area contributed by atoms with Gasteiger partial charge in [0.15, 0.2) is 0 Å². The lowest BCUT2D eigenvalue weighted by molar-refractivity contribution is -0.136. The number of anilines is 1. The number of hydrogen-bond acceptors (Lipinski definition) is 5. The molecular weight excluding hydrogens is 486 g/mol. The van der Waals surface area contributed by atoms with Crippen LogP contribution in [0, 0.1) is 0 Å². The molecular formula is C22H15BrClN3O4. The Hall–Kier alpha value is -3.49. The number of nitrogens with one attached hydrogen (secondary N) is 2. The summed E-state index contributed by atoms with van der Waals surface area (Å²) in [7, 11) is 0. The number of esters is 1. The summed E-state index contributed by atoms with van der Waals surface area (Å²) >= 11 is 9.10. The Morgan fingerprint density at radius 3 is 2.35 bits per heavy atom. The molecule has 0 aliphatic rings. The van der Waals surface area contributed by atoms with Crippen LogP contribution in [0.3, 0.4) is 0 Å². The van der Waals surface area contributed by atoms with Gasteiger partial charge >= 0.3 is 17.8 Å². The zero-order valence-corrected chi connectivity index (χ0v) is 18.2. The minimum atomic E-state index is -0.926. The molecule has 31 heavy (non-hydrogen) atoms. The molecule has 0 saturated carbocycles. The van der Waals surface area contributed by atoms with E-state index in [0.717, 1.165) is 4.47 Å². The van der Waals surface area contributed by atoms with Gasteiger partial charge in [0.2, 0.25) is 0 Å². The predicted octanol–water partition coefficient (Wildman–Crippen LogP) is 4.41. The number of rotatable bonds is 5. The summed E-state index contributed by atoms with van der Waals surface area (Å²) in [6, 6.07) is 19.6. The first-order chi connectivity index (χ1) is 14.9. The normalized spacial score (nSPS) is 10.5. The zero-order valence-electron chi connectivity index (χ0n) is 15.8. The van der Waals surface area contributed by atoms with Gasteiger partial charge in [0, 0.05) is 15.2 Å². The largest absolute Gasteiger partial charge is 0.423 e. The molecule has 2 amide bonds. The maximum Gasteiger partial charge on any atom is 0.343 e. The lowest BCUT2D eigenvalue weighted by Gasteiger charge is -2.05. The van der Waals surface area contributed by atoms with Gasteiger partial charge in [0.1, 0.15) is 5.75 Å². The number of carbonyl (C=O) groups is 3. The molecule has 0 bridgehead atoms. The molecule has 3 aromatic carbocycles. The van der Waals surface area contributed by atoms with E-state index in [9.17, 15) is 14.4 Å². The highest BCUT2D eigenvalue weighted by Crippen LogP contribution is 2.16. The molecule has 0 aliphatic carbocycles. The summed E-state index contributed by atoms with van der Waals surface area (Å²) in [6.45, 7) is 0. The van der Waals surface area contributed by atoms with E-state index in [1.807, 2.05) is 0 Å². The Labute approximate surface area is 191 Å². The number of amides is 2. The summed E-state index contributed by atoms with van der Waals surface area (Å²) < 4.78 is 6.17. The molecule has 9 heteroatoms. The minimum Gasteiger partial charge on any atom is -0.423 e. The molecule has 0 radical (unpaired) electrons. The number of carbonyl (C=O) groups excluding carboxylic acids is 3. The van der Waals surface area contributed by atoms with Crippen LogP contribution in [0.25, 0.3) is 0 Å². The molecule has 0 unspecified atom stereocenters. The summed E-state index contributed by atoms with van der Waals surface area (Å²) in [6.07, 6.45) is 1.32. The Balaban J connectivity index is 1.55. The van der Waals surface area contributed by atoms with E-state index in [1.165, 1.54) is 6.21 Å². The molecule has 0 spiro atoms. The van der Waals surface area contributed by atoms with Gasteiger partial charge in [0.25, 0.3) is 0 Å².